The van der Waals surface area contributed by atoms with Gasteiger partial charge in [-0.1, -0.05) is 0 Å². The molecule has 0 spiro atoms. The summed E-state index contributed by atoms with van der Waals surface area (Å²) in [5, 5.41) is 0. The lowest BCUT2D eigenvalue weighted by Gasteiger charge is -2.38. The topological polar surface area (TPSA) is 64.2 Å². The predicted octanol–water partition coefficient (Wildman–Crippen LogP) is 1.70. The molecule has 5 nitrogen and oxygen atoms in total. The highest BCUT2D eigenvalue weighted by atomic mass is 16.1. The first kappa shape index (κ1) is 15.0. The monoisotopic (exact) mass is 278 g/mol. The van der Waals surface area contributed by atoms with E-state index in [1.807, 2.05) is 27.7 Å². The summed E-state index contributed by atoms with van der Waals surface area (Å²) in [5.74, 6) is 0.546. The van der Waals surface area contributed by atoms with Crippen molar-refractivity contribution in [3.63, 3.8) is 0 Å². The second kappa shape index (κ2) is 5.56. The van der Waals surface area contributed by atoms with Crippen LogP contribution < -0.4 is 16.2 Å². The molecule has 1 aromatic heterocycles. The Morgan fingerprint density at radius 3 is 2.70 bits per heavy atom. The quantitative estimate of drug-likeness (QED) is 0.894. The van der Waals surface area contributed by atoms with Gasteiger partial charge < -0.3 is 15.2 Å². The predicted molar refractivity (Wildman–Crippen MR) is 82.1 cm³/mol. The third kappa shape index (κ3) is 2.87. The maximum Gasteiger partial charge on any atom is 0.293 e. The van der Waals surface area contributed by atoms with Crippen molar-refractivity contribution in [1.82, 2.24) is 9.55 Å². The number of aromatic nitrogens is 2. The zero-order chi connectivity index (χ0) is 14.9. The van der Waals surface area contributed by atoms with Gasteiger partial charge in [0.2, 0.25) is 0 Å². The van der Waals surface area contributed by atoms with Crippen molar-refractivity contribution < 1.29 is 0 Å². The highest BCUT2D eigenvalue weighted by Gasteiger charge is 2.29. The maximum absolute atomic E-state index is 12.7. The second-order valence-electron chi connectivity index (χ2n) is 6.71. The van der Waals surface area contributed by atoms with Crippen LogP contribution in [0.1, 0.15) is 47.0 Å². The molecular formula is C15H26N4O. The number of rotatable bonds is 2. The van der Waals surface area contributed by atoms with E-state index in [0.29, 0.717) is 5.82 Å². The summed E-state index contributed by atoms with van der Waals surface area (Å²) >= 11 is 0. The Morgan fingerprint density at radius 1 is 1.40 bits per heavy atom. The minimum atomic E-state index is -0.242. The van der Waals surface area contributed by atoms with Crippen LogP contribution in [-0.4, -0.2) is 28.2 Å². The molecule has 0 radical (unpaired) electrons. The first-order chi connectivity index (χ1) is 9.32. The SMILES string of the molecule is CC(N)C1CCCCN1c1nccn(C(C)(C)C)c1=O. The first-order valence-corrected chi connectivity index (χ1v) is 7.42. The van der Waals surface area contributed by atoms with Gasteiger partial charge in [0.25, 0.3) is 5.56 Å². The normalized spacial score (nSPS) is 21.9. The third-order valence-corrected chi connectivity index (χ3v) is 3.97. The van der Waals surface area contributed by atoms with E-state index in [4.69, 9.17) is 5.73 Å². The smallest absolute Gasteiger partial charge is 0.293 e. The highest BCUT2D eigenvalue weighted by Crippen LogP contribution is 2.23. The van der Waals surface area contributed by atoms with Crippen LogP contribution in [0.4, 0.5) is 5.82 Å². The van der Waals surface area contributed by atoms with E-state index in [9.17, 15) is 4.79 Å². The summed E-state index contributed by atoms with van der Waals surface area (Å²) < 4.78 is 1.75. The van der Waals surface area contributed by atoms with Crippen molar-refractivity contribution in [2.75, 3.05) is 11.4 Å². The van der Waals surface area contributed by atoms with E-state index in [1.165, 1.54) is 6.42 Å². The van der Waals surface area contributed by atoms with E-state index in [-0.39, 0.29) is 23.2 Å². The molecule has 0 bridgehead atoms. The molecule has 1 fully saturated rings. The van der Waals surface area contributed by atoms with Crippen LogP contribution in [0.3, 0.4) is 0 Å². The summed E-state index contributed by atoms with van der Waals surface area (Å²) in [6.07, 6.45) is 6.77. The Hall–Kier alpha value is -1.36. The minimum Gasteiger partial charge on any atom is -0.347 e. The second-order valence-corrected chi connectivity index (χ2v) is 6.71. The molecule has 1 aliphatic rings. The molecule has 0 aliphatic carbocycles. The molecule has 1 aliphatic heterocycles. The molecule has 2 atom stereocenters. The van der Waals surface area contributed by atoms with Gasteiger partial charge >= 0.3 is 0 Å². The fourth-order valence-electron chi connectivity index (χ4n) is 2.89. The summed E-state index contributed by atoms with van der Waals surface area (Å²) in [6, 6.07) is 0.250. The largest absolute Gasteiger partial charge is 0.347 e. The van der Waals surface area contributed by atoms with Gasteiger partial charge in [-0.05, 0) is 47.0 Å². The van der Waals surface area contributed by atoms with Gasteiger partial charge in [-0.2, -0.15) is 0 Å². The van der Waals surface area contributed by atoms with Crippen LogP contribution in [0.2, 0.25) is 0 Å². The van der Waals surface area contributed by atoms with Gasteiger partial charge in [-0.3, -0.25) is 4.79 Å². The van der Waals surface area contributed by atoms with E-state index < -0.39 is 0 Å². The Labute approximate surface area is 120 Å². The van der Waals surface area contributed by atoms with Crippen molar-refractivity contribution >= 4 is 5.82 Å². The number of nitrogens with two attached hydrogens (primary N) is 1. The number of hydrogen-bond acceptors (Lipinski definition) is 4. The maximum atomic E-state index is 12.7. The van der Waals surface area contributed by atoms with Crippen molar-refractivity contribution in [2.24, 2.45) is 5.73 Å². The number of anilines is 1. The van der Waals surface area contributed by atoms with E-state index in [1.54, 1.807) is 17.0 Å². The molecule has 0 aromatic carbocycles. The first-order valence-electron chi connectivity index (χ1n) is 7.42. The van der Waals surface area contributed by atoms with Gasteiger partial charge in [-0.25, -0.2) is 4.98 Å². The minimum absolute atomic E-state index is 0.0208. The van der Waals surface area contributed by atoms with Crippen molar-refractivity contribution in [2.45, 2.75) is 64.6 Å². The standard InChI is InChI=1S/C15H26N4O/c1-11(16)12-7-5-6-9-18(12)13-14(20)19(10-8-17-13)15(2,3)4/h8,10-12H,5-7,9,16H2,1-4H3. The Bertz CT molecular complexity index is 515. The average molecular weight is 278 g/mol. The van der Waals surface area contributed by atoms with Crippen LogP contribution in [0, 0.1) is 0 Å². The molecule has 2 unspecified atom stereocenters. The van der Waals surface area contributed by atoms with Crippen molar-refractivity contribution in [1.29, 1.82) is 0 Å². The number of piperidine rings is 1. The molecule has 5 heteroatoms. The molecular weight excluding hydrogens is 252 g/mol. The van der Waals surface area contributed by atoms with E-state index in [2.05, 4.69) is 9.88 Å². The lowest BCUT2D eigenvalue weighted by atomic mass is 9.97. The molecule has 1 aromatic rings. The highest BCUT2D eigenvalue weighted by molar-refractivity contribution is 5.38. The summed E-state index contributed by atoms with van der Waals surface area (Å²) in [7, 11) is 0. The van der Waals surface area contributed by atoms with Gasteiger partial charge in [0.05, 0.1) is 0 Å². The third-order valence-electron chi connectivity index (χ3n) is 3.97. The zero-order valence-electron chi connectivity index (χ0n) is 13.0. The molecule has 1 saturated heterocycles. The average Bonchev–Trinajstić information content (AvgIpc) is 2.37. The van der Waals surface area contributed by atoms with Crippen LogP contribution in [0.25, 0.3) is 0 Å². The fourth-order valence-corrected chi connectivity index (χ4v) is 2.89. The van der Waals surface area contributed by atoms with Crippen molar-refractivity contribution in [3.05, 3.63) is 22.7 Å². The summed E-state index contributed by atoms with van der Waals surface area (Å²) in [6.45, 7) is 8.95. The lowest BCUT2D eigenvalue weighted by molar-refractivity contribution is 0.374. The Balaban J connectivity index is 2.44. The summed E-state index contributed by atoms with van der Waals surface area (Å²) in [4.78, 5) is 19.2. The number of hydrogen-bond donors (Lipinski definition) is 1. The van der Waals surface area contributed by atoms with Crippen LogP contribution in [0.15, 0.2) is 17.2 Å². The molecule has 20 heavy (non-hydrogen) atoms. The molecule has 0 amide bonds. The van der Waals surface area contributed by atoms with Crippen LogP contribution in [0.5, 0.6) is 0 Å². The number of nitrogens with zero attached hydrogens (tertiary/aromatic N) is 3. The van der Waals surface area contributed by atoms with Crippen LogP contribution >= 0.6 is 0 Å². The Morgan fingerprint density at radius 2 is 2.10 bits per heavy atom. The molecule has 2 rings (SSSR count). The van der Waals surface area contributed by atoms with Crippen LogP contribution in [-0.2, 0) is 5.54 Å². The molecule has 112 valence electrons. The molecule has 2 N–H and O–H groups in total. The van der Waals surface area contributed by atoms with E-state index >= 15 is 0 Å². The van der Waals surface area contributed by atoms with Gasteiger partial charge in [0.1, 0.15) is 0 Å². The Kier molecular flexibility index (Phi) is 4.18. The fraction of sp³-hybridized carbons (Fsp3) is 0.733. The zero-order valence-corrected chi connectivity index (χ0v) is 13.0. The van der Waals surface area contributed by atoms with Gasteiger partial charge in [0.15, 0.2) is 5.82 Å². The van der Waals surface area contributed by atoms with Gasteiger partial charge in [-0.15, -0.1) is 0 Å². The summed E-state index contributed by atoms with van der Waals surface area (Å²) in [5.41, 5.74) is 5.83. The van der Waals surface area contributed by atoms with Gasteiger partial charge in [0, 0.05) is 36.6 Å². The molecule has 0 saturated carbocycles. The van der Waals surface area contributed by atoms with Crippen molar-refractivity contribution in [3.8, 4) is 0 Å². The van der Waals surface area contributed by atoms with E-state index in [0.717, 1.165) is 19.4 Å². The lowest BCUT2D eigenvalue weighted by Crippen LogP contribution is -2.52. The molecule has 2 heterocycles.